The molecule has 1 amide bonds. The van der Waals surface area contributed by atoms with Crippen molar-refractivity contribution in [3.8, 4) is 17.0 Å². The van der Waals surface area contributed by atoms with E-state index in [0.29, 0.717) is 31.9 Å². The molecule has 1 aromatic heterocycles. The number of rotatable bonds is 8. The maximum absolute atomic E-state index is 12.9. The van der Waals surface area contributed by atoms with Crippen molar-refractivity contribution >= 4 is 17.4 Å². The first-order valence-corrected chi connectivity index (χ1v) is 11.3. The van der Waals surface area contributed by atoms with Crippen molar-refractivity contribution in [2.45, 2.75) is 12.8 Å². The Hall–Kier alpha value is -3.76. The van der Waals surface area contributed by atoms with E-state index >= 15 is 0 Å². The summed E-state index contributed by atoms with van der Waals surface area (Å²) >= 11 is 0. The summed E-state index contributed by atoms with van der Waals surface area (Å²) in [6, 6.07) is 16.6. The fourth-order valence-electron chi connectivity index (χ4n) is 3.76. The number of alkyl halides is 3. The number of amides is 1. The highest BCUT2D eigenvalue weighted by atomic mass is 19.4. The maximum atomic E-state index is 12.9. The van der Waals surface area contributed by atoms with Gasteiger partial charge in [0.05, 0.1) is 31.1 Å². The van der Waals surface area contributed by atoms with Crippen LogP contribution in [-0.2, 0) is 16.0 Å². The lowest BCUT2D eigenvalue weighted by atomic mass is 10.0. The second-order valence-electron chi connectivity index (χ2n) is 8.21. The summed E-state index contributed by atoms with van der Waals surface area (Å²) in [5.74, 6) is -1.45. The topological polar surface area (TPSA) is 80.8 Å². The molecule has 1 N–H and O–H groups in total. The lowest BCUT2D eigenvalue weighted by Gasteiger charge is -2.26. The molecule has 2 aromatic carbocycles. The Morgan fingerprint density at radius 2 is 1.78 bits per heavy atom. The van der Waals surface area contributed by atoms with Gasteiger partial charge in [-0.2, -0.15) is 0 Å². The third-order valence-electron chi connectivity index (χ3n) is 5.53. The zero-order chi connectivity index (χ0) is 25.5. The summed E-state index contributed by atoms with van der Waals surface area (Å²) in [6.07, 6.45) is -3.38. The number of pyridine rings is 1. The Bertz CT molecular complexity index is 1200. The minimum Gasteiger partial charge on any atom is -0.404 e. The number of halogens is 3. The number of aromatic nitrogens is 1. The van der Waals surface area contributed by atoms with Gasteiger partial charge in [-0.1, -0.05) is 36.4 Å². The number of benzene rings is 2. The quantitative estimate of drug-likeness (QED) is 0.465. The second-order valence-corrected chi connectivity index (χ2v) is 8.21. The number of ketones is 1. The van der Waals surface area contributed by atoms with Crippen LogP contribution in [0.3, 0.4) is 0 Å². The molecule has 0 saturated carbocycles. The maximum Gasteiger partial charge on any atom is 0.573 e. The van der Waals surface area contributed by atoms with Gasteiger partial charge in [-0.3, -0.25) is 19.5 Å². The SMILES string of the molecule is O=C(CN1CCOCC1)Nc1cc(C(=O)Cc2ccc(-c3ccccc3)nc2)ccc1OC(F)(F)F. The molecule has 188 valence electrons. The van der Waals surface area contributed by atoms with Gasteiger partial charge in [-0.05, 0) is 29.8 Å². The Morgan fingerprint density at radius 1 is 1.03 bits per heavy atom. The number of carbonyl (C=O) groups is 2. The molecule has 1 fully saturated rings. The minimum atomic E-state index is -4.96. The fourth-order valence-corrected chi connectivity index (χ4v) is 3.76. The summed E-state index contributed by atoms with van der Waals surface area (Å²) < 4.78 is 48.0. The number of hydrogen-bond donors (Lipinski definition) is 1. The lowest BCUT2D eigenvalue weighted by Crippen LogP contribution is -2.41. The molecule has 0 radical (unpaired) electrons. The highest BCUT2D eigenvalue weighted by molar-refractivity contribution is 6.00. The van der Waals surface area contributed by atoms with Crippen molar-refractivity contribution in [3.63, 3.8) is 0 Å². The van der Waals surface area contributed by atoms with E-state index in [1.807, 2.05) is 35.2 Å². The molecule has 36 heavy (non-hydrogen) atoms. The number of anilines is 1. The summed E-state index contributed by atoms with van der Waals surface area (Å²) in [7, 11) is 0. The van der Waals surface area contributed by atoms with Crippen LogP contribution >= 0.6 is 0 Å². The van der Waals surface area contributed by atoms with Crippen LogP contribution in [0.1, 0.15) is 15.9 Å². The highest BCUT2D eigenvalue weighted by Gasteiger charge is 2.32. The van der Waals surface area contributed by atoms with Gasteiger partial charge in [-0.15, -0.1) is 13.2 Å². The predicted octanol–water partition coefficient (Wildman–Crippen LogP) is 4.34. The van der Waals surface area contributed by atoms with Crippen LogP contribution in [0, 0.1) is 0 Å². The Balaban J connectivity index is 1.48. The molecule has 7 nitrogen and oxygen atoms in total. The molecule has 4 rings (SSSR count). The van der Waals surface area contributed by atoms with E-state index in [0.717, 1.165) is 17.3 Å². The van der Waals surface area contributed by atoms with Crippen LogP contribution in [0.15, 0.2) is 66.9 Å². The molecule has 0 unspecified atom stereocenters. The molecular formula is C26H24F3N3O4. The third-order valence-corrected chi connectivity index (χ3v) is 5.53. The zero-order valence-electron chi connectivity index (χ0n) is 19.3. The van der Waals surface area contributed by atoms with Crippen LogP contribution in [0.2, 0.25) is 0 Å². The van der Waals surface area contributed by atoms with Crippen molar-refractivity contribution in [1.82, 2.24) is 9.88 Å². The van der Waals surface area contributed by atoms with Crippen LogP contribution in [0.5, 0.6) is 5.75 Å². The number of ether oxygens (including phenoxy) is 2. The normalized spacial score (nSPS) is 14.3. The average molecular weight is 499 g/mol. The van der Waals surface area contributed by atoms with Crippen molar-refractivity contribution < 1.29 is 32.2 Å². The van der Waals surface area contributed by atoms with Crippen LogP contribution < -0.4 is 10.1 Å². The summed E-state index contributed by atoms with van der Waals surface area (Å²) in [5, 5.41) is 2.45. The third kappa shape index (κ3) is 7.12. The van der Waals surface area contributed by atoms with Gasteiger partial charge in [0, 0.05) is 36.8 Å². The molecular weight excluding hydrogens is 475 g/mol. The fraction of sp³-hybridized carbons (Fsp3) is 0.269. The number of morpholine rings is 1. The smallest absolute Gasteiger partial charge is 0.404 e. The average Bonchev–Trinajstić information content (AvgIpc) is 2.86. The number of hydrogen-bond acceptors (Lipinski definition) is 6. The molecule has 3 aromatic rings. The molecule has 0 bridgehead atoms. The van der Waals surface area contributed by atoms with Crippen LogP contribution in [-0.4, -0.2) is 60.8 Å². The molecule has 0 spiro atoms. The molecule has 0 atom stereocenters. The second kappa shape index (κ2) is 11.3. The Morgan fingerprint density at radius 3 is 2.44 bits per heavy atom. The number of nitrogens with one attached hydrogen (secondary N) is 1. The number of nitrogens with zero attached hydrogens (tertiary/aromatic N) is 2. The molecule has 1 aliphatic heterocycles. The Labute approximate surface area is 205 Å². The van der Waals surface area contributed by atoms with Gasteiger partial charge < -0.3 is 14.8 Å². The van der Waals surface area contributed by atoms with E-state index in [1.165, 1.54) is 12.1 Å². The van der Waals surface area contributed by atoms with Gasteiger partial charge in [0.1, 0.15) is 0 Å². The van der Waals surface area contributed by atoms with Gasteiger partial charge in [-0.25, -0.2) is 0 Å². The van der Waals surface area contributed by atoms with E-state index in [2.05, 4.69) is 15.0 Å². The van der Waals surface area contributed by atoms with Crippen LogP contribution in [0.4, 0.5) is 18.9 Å². The summed E-state index contributed by atoms with van der Waals surface area (Å²) in [6.45, 7) is 2.00. The summed E-state index contributed by atoms with van der Waals surface area (Å²) in [4.78, 5) is 31.6. The standard InChI is InChI=1S/C26H24F3N3O4/c27-26(28,29)36-24-9-7-20(15-22(24)31-25(34)17-32-10-12-35-13-11-32)23(33)14-18-6-8-21(30-16-18)19-4-2-1-3-5-19/h1-9,15-16H,10-14,17H2,(H,31,34). The monoisotopic (exact) mass is 499 g/mol. The van der Waals surface area contributed by atoms with E-state index in [9.17, 15) is 22.8 Å². The zero-order valence-corrected chi connectivity index (χ0v) is 19.3. The van der Waals surface area contributed by atoms with Crippen molar-refractivity contribution in [2.24, 2.45) is 0 Å². The van der Waals surface area contributed by atoms with E-state index < -0.39 is 18.0 Å². The molecule has 10 heteroatoms. The van der Waals surface area contributed by atoms with Crippen molar-refractivity contribution in [1.29, 1.82) is 0 Å². The van der Waals surface area contributed by atoms with E-state index in [1.54, 1.807) is 18.3 Å². The van der Waals surface area contributed by atoms with Crippen LogP contribution in [0.25, 0.3) is 11.3 Å². The predicted molar refractivity (Wildman–Crippen MR) is 127 cm³/mol. The van der Waals surface area contributed by atoms with Gasteiger partial charge in [0.25, 0.3) is 0 Å². The molecule has 0 aliphatic carbocycles. The minimum absolute atomic E-state index is 0.0112. The number of carbonyl (C=O) groups excluding carboxylic acids is 2. The van der Waals surface area contributed by atoms with Gasteiger partial charge in [0.15, 0.2) is 11.5 Å². The highest BCUT2D eigenvalue weighted by Crippen LogP contribution is 2.32. The largest absolute Gasteiger partial charge is 0.573 e. The molecule has 2 heterocycles. The molecule has 1 saturated heterocycles. The van der Waals surface area contributed by atoms with Gasteiger partial charge in [0.2, 0.25) is 5.91 Å². The first-order valence-electron chi connectivity index (χ1n) is 11.3. The lowest BCUT2D eigenvalue weighted by molar-refractivity contribution is -0.274. The first-order chi connectivity index (χ1) is 17.3. The molecule has 1 aliphatic rings. The van der Waals surface area contributed by atoms with Gasteiger partial charge >= 0.3 is 6.36 Å². The van der Waals surface area contributed by atoms with E-state index in [-0.39, 0.29) is 30.0 Å². The Kier molecular flexibility index (Phi) is 7.97. The van der Waals surface area contributed by atoms with Crippen molar-refractivity contribution in [2.75, 3.05) is 38.2 Å². The number of Topliss-reactive ketones (excluding diaryl/α,β-unsaturated/α-hetero) is 1. The summed E-state index contributed by atoms with van der Waals surface area (Å²) in [5.41, 5.74) is 2.25. The van der Waals surface area contributed by atoms with Crippen molar-refractivity contribution in [3.05, 3.63) is 78.0 Å². The van der Waals surface area contributed by atoms with E-state index in [4.69, 9.17) is 4.74 Å². The first kappa shape index (κ1) is 25.3.